The fourth-order valence-electron chi connectivity index (χ4n) is 2.38. The highest BCUT2D eigenvalue weighted by atomic mass is 32.2. The third kappa shape index (κ3) is 3.45. The Bertz CT molecular complexity index is 371. The van der Waals surface area contributed by atoms with E-state index in [0.29, 0.717) is 5.25 Å². The predicted molar refractivity (Wildman–Crippen MR) is 72.9 cm³/mol. The van der Waals surface area contributed by atoms with E-state index in [9.17, 15) is 8.78 Å². The first-order valence-electron chi connectivity index (χ1n) is 6.51. The lowest BCUT2D eigenvalue weighted by Gasteiger charge is -2.24. The standard InChI is InChI=1S/C14H19F2NS/c1-2-5-17-14(13-4-3-6-18-13)10-7-11(15)9-12(16)8-10/h7-9,13-14,17H,2-6H2,1H3. The Morgan fingerprint density at radius 3 is 2.61 bits per heavy atom. The van der Waals surface area contributed by atoms with Gasteiger partial charge in [0.2, 0.25) is 0 Å². The maximum absolute atomic E-state index is 13.3. The number of nitrogens with one attached hydrogen (secondary N) is 1. The number of benzene rings is 1. The van der Waals surface area contributed by atoms with Gasteiger partial charge in [-0.25, -0.2) is 8.78 Å². The summed E-state index contributed by atoms with van der Waals surface area (Å²) in [5.41, 5.74) is 0.736. The summed E-state index contributed by atoms with van der Waals surface area (Å²) in [4.78, 5) is 0. The number of hydrogen-bond acceptors (Lipinski definition) is 2. The van der Waals surface area contributed by atoms with Crippen LogP contribution < -0.4 is 5.32 Å². The molecule has 2 rings (SSSR count). The van der Waals surface area contributed by atoms with E-state index >= 15 is 0 Å². The van der Waals surface area contributed by atoms with Crippen LogP contribution in [-0.2, 0) is 0 Å². The maximum Gasteiger partial charge on any atom is 0.126 e. The minimum absolute atomic E-state index is 0.0580. The lowest BCUT2D eigenvalue weighted by Crippen LogP contribution is -2.29. The Morgan fingerprint density at radius 1 is 1.33 bits per heavy atom. The van der Waals surface area contributed by atoms with Crippen LogP contribution in [0.3, 0.4) is 0 Å². The molecule has 4 heteroatoms. The van der Waals surface area contributed by atoms with Crippen molar-refractivity contribution in [3.63, 3.8) is 0 Å². The van der Waals surface area contributed by atoms with Gasteiger partial charge in [0.05, 0.1) is 0 Å². The summed E-state index contributed by atoms with van der Waals surface area (Å²) >= 11 is 1.90. The Hall–Kier alpha value is -0.610. The van der Waals surface area contributed by atoms with Gasteiger partial charge in [-0.1, -0.05) is 6.92 Å². The van der Waals surface area contributed by atoms with E-state index in [1.807, 2.05) is 11.8 Å². The zero-order chi connectivity index (χ0) is 13.0. The minimum atomic E-state index is -0.490. The molecule has 0 bridgehead atoms. The fourth-order valence-corrected chi connectivity index (χ4v) is 3.80. The molecule has 18 heavy (non-hydrogen) atoms. The topological polar surface area (TPSA) is 12.0 Å². The van der Waals surface area contributed by atoms with Gasteiger partial charge >= 0.3 is 0 Å². The van der Waals surface area contributed by atoms with Crippen LogP contribution in [0, 0.1) is 11.6 Å². The SMILES string of the molecule is CCCNC(c1cc(F)cc(F)c1)C1CCCS1. The van der Waals surface area contributed by atoms with E-state index in [1.54, 1.807) is 0 Å². The van der Waals surface area contributed by atoms with Crippen molar-refractivity contribution in [1.82, 2.24) is 5.32 Å². The zero-order valence-corrected chi connectivity index (χ0v) is 11.4. The first kappa shape index (κ1) is 13.8. The molecule has 0 amide bonds. The van der Waals surface area contributed by atoms with Gasteiger partial charge in [0.25, 0.3) is 0 Å². The van der Waals surface area contributed by atoms with Gasteiger partial charge in [-0.05, 0) is 49.3 Å². The lowest BCUT2D eigenvalue weighted by molar-refractivity contribution is 0.494. The molecule has 0 aliphatic carbocycles. The molecule has 0 aromatic heterocycles. The first-order chi connectivity index (χ1) is 8.70. The Kier molecular flexibility index (Phi) is 5.01. The molecule has 100 valence electrons. The van der Waals surface area contributed by atoms with Crippen molar-refractivity contribution in [2.24, 2.45) is 0 Å². The minimum Gasteiger partial charge on any atom is -0.309 e. The number of thioether (sulfide) groups is 1. The molecule has 1 heterocycles. The molecule has 1 saturated heterocycles. The highest BCUT2D eigenvalue weighted by Gasteiger charge is 2.27. The molecule has 2 unspecified atom stereocenters. The van der Waals surface area contributed by atoms with E-state index in [4.69, 9.17) is 0 Å². The van der Waals surface area contributed by atoms with Crippen molar-refractivity contribution in [3.8, 4) is 0 Å². The number of halogens is 2. The van der Waals surface area contributed by atoms with Crippen LogP contribution in [-0.4, -0.2) is 17.5 Å². The van der Waals surface area contributed by atoms with E-state index in [2.05, 4.69) is 12.2 Å². The Morgan fingerprint density at radius 2 is 2.06 bits per heavy atom. The highest BCUT2D eigenvalue weighted by Crippen LogP contribution is 2.36. The maximum atomic E-state index is 13.3. The molecular weight excluding hydrogens is 252 g/mol. The van der Waals surface area contributed by atoms with Crippen LogP contribution in [0.1, 0.15) is 37.8 Å². The molecule has 1 N–H and O–H groups in total. The second kappa shape index (κ2) is 6.53. The summed E-state index contributed by atoms with van der Waals surface area (Å²) in [7, 11) is 0. The normalized spacial score (nSPS) is 21.2. The zero-order valence-electron chi connectivity index (χ0n) is 10.6. The molecule has 2 atom stereocenters. The molecule has 0 radical (unpaired) electrons. The van der Waals surface area contributed by atoms with Gasteiger partial charge in [0.1, 0.15) is 11.6 Å². The Labute approximate surface area is 111 Å². The quantitative estimate of drug-likeness (QED) is 0.871. The molecule has 0 saturated carbocycles. The van der Waals surface area contributed by atoms with E-state index in [1.165, 1.54) is 18.6 Å². The summed E-state index contributed by atoms with van der Waals surface area (Å²) < 4.78 is 26.6. The van der Waals surface area contributed by atoms with E-state index < -0.39 is 11.6 Å². The molecule has 0 spiro atoms. The average molecular weight is 271 g/mol. The van der Waals surface area contributed by atoms with Crippen LogP contribution in [0.25, 0.3) is 0 Å². The van der Waals surface area contributed by atoms with Crippen molar-refractivity contribution in [2.75, 3.05) is 12.3 Å². The van der Waals surface area contributed by atoms with Crippen LogP contribution >= 0.6 is 11.8 Å². The van der Waals surface area contributed by atoms with Crippen molar-refractivity contribution in [3.05, 3.63) is 35.4 Å². The largest absolute Gasteiger partial charge is 0.309 e. The van der Waals surface area contributed by atoms with Crippen molar-refractivity contribution < 1.29 is 8.78 Å². The molecule has 1 aliphatic heterocycles. The van der Waals surface area contributed by atoms with E-state index in [0.717, 1.165) is 36.8 Å². The summed E-state index contributed by atoms with van der Waals surface area (Å²) in [6.07, 6.45) is 3.33. The second-order valence-electron chi connectivity index (χ2n) is 4.69. The summed E-state index contributed by atoms with van der Waals surface area (Å²) in [5, 5.41) is 3.86. The van der Waals surface area contributed by atoms with Gasteiger partial charge in [-0.15, -0.1) is 0 Å². The smallest absolute Gasteiger partial charge is 0.126 e. The van der Waals surface area contributed by atoms with Gasteiger partial charge in [-0.3, -0.25) is 0 Å². The van der Waals surface area contributed by atoms with Crippen molar-refractivity contribution in [2.45, 2.75) is 37.5 Å². The van der Waals surface area contributed by atoms with Crippen LogP contribution in [0.5, 0.6) is 0 Å². The summed E-state index contributed by atoms with van der Waals surface area (Å²) in [6, 6.07) is 3.90. The molecule has 1 aliphatic rings. The average Bonchev–Trinajstić information content (AvgIpc) is 2.82. The molecule has 1 aromatic carbocycles. The van der Waals surface area contributed by atoms with E-state index in [-0.39, 0.29) is 6.04 Å². The monoisotopic (exact) mass is 271 g/mol. The summed E-state index contributed by atoms with van der Waals surface area (Å²) in [5.74, 6) is 0.167. The third-order valence-corrected chi connectivity index (χ3v) is 4.66. The van der Waals surface area contributed by atoms with Gasteiger partial charge in [0, 0.05) is 17.4 Å². The molecule has 1 fully saturated rings. The van der Waals surface area contributed by atoms with Gasteiger partial charge in [-0.2, -0.15) is 11.8 Å². The fraction of sp³-hybridized carbons (Fsp3) is 0.571. The van der Waals surface area contributed by atoms with Crippen LogP contribution in [0.15, 0.2) is 18.2 Å². The van der Waals surface area contributed by atoms with Gasteiger partial charge in [0.15, 0.2) is 0 Å². The molecular formula is C14H19F2NS. The second-order valence-corrected chi connectivity index (χ2v) is 6.03. The third-order valence-electron chi connectivity index (χ3n) is 3.19. The summed E-state index contributed by atoms with van der Waals surface area (Å²) in [6.45, 7) is 2.97. The first-order valence-corrected chi connectivity index (χ1v) is 7.56. The van der Waals surface area contributed by atoms with Crippen LogP contribution in [0.4, 0.5) is 8.78 Å². The Balaban J connectivity index is 2.20. The number of rotatable bonds is 5. The number of hydrogen-bond donors (Lipinski definition) is 1. The van der Waals surface area contributed by atoms with Crippen LogP contribution in [0.2, 0.25) is 0 Å². The van der Waals surface area contributed by atoms with Crippen molar-refractivity contribution >= 4 is 11.8 Å². The molecule has 1 aromatic rings. The predicted octanol–water partition coefficient (Wildman–Crippen LogP) is 3.90. The van der Waals surface area contributed by atoms with Gasteiger partial charge < -0.3 is 5.32 Å². The molecule has 1 nitrogen and oxygen atoms in total. The van der Waals surface area contributed by atoms with Crippen molar-refractivity contribution in [1.29, 1.82) is 0 Å². The highest BCUT2D eigenvalue weighted by molar-refractivity contribution is 8.00. The lowest BCUT2D eigenvalue weighted by atomic mass is 10.0.